The summed E-state index contributed by atoms with van der Waals surface area (Å²) in [6.45, 7) is 1.53. The van der Waals surface area contributed by atoms with Crippen molar-refractivity contribution in [2.24, 2.45) is 0 Å². The molecule has 0 fully saturated rings. The number of amides is 1. The maximum atomic E-state index is 10.1. The first-order valence-corrected chi connectivity index (χ1v) is 3.25. The van der Waals surface area contributed by atoms with Gasteiger partial charge in [0.15, 0.2) is 0 Å². The van der Waals surface area contributed by atoms with Gasteiger partial charge in [-0.1, -0.05) is 0 Å². The summed E-state index contributed by atoms with van der Waals surface area (Å²) in [5.41, 5.74) is 0. The molecular weight excluding hydrogens is 162 g/mol. The molecule has 5 nitrogen and oxygen atoms in total. The summed E-state index contributed by atoms with van der Waals surface area (Å²) in [7, 11) is 5.96. The summed E-state index contributed by atoms with van der Waals surface area (Å²) in [4.78, 5) is 21.3. The predicted molar refractivity (Wildman–Crippen MR) is 43.8 cm³/mol. The van der Waals surface area contributed by atoms with Crippen LogP contribution in [0.5, 0.6) is 0 Å². The van der Waals surface area contributed by atoms with E-state index in [-0.39, 0.29) is 5.91 Å². The van der Waals surface area contributed by atoms with Gasteiger partial charge >= 0.3 is 6.16 Å². The van der Waals surface area contributed by atoms with Crippen molar-refractivity contribution in [3.05, 3.63) is 0 Å². The summed E-state index contributed by atoms with van der Waals surface area (Å²) in [5, 5.41) is 0. The van der Waals surface area contributed by atoms with E-state index in [2.05, 4.69) is 9.47 Å². The van der Waals surface area contributed by atoms with Gasteiger partial charge in [0, 0.05) is 21.0 Å². The molecule has 0 radical (unpaired) electrons. The maximum Gasteiger partial charge on any atom is 0.507 e. The SMILES string of the molecule is CC(=O)N(C)C.COC(=O)OC. The highest BCUT2D eigenvalue weighted by atomic mass is 16.7. The molecule has 5 heteroatoms. The fraction of sp³-hybridized carbons (Fsp3) is 0.714. The van der Waals surface area contributed by atoms with Crippen molar-refractivity contribution in [1.82, 2.24) is 4.90 Å². The Bertz CT molecular complexity index is 136. The van der Waals surface area contributed by atoms with E-state index in [0.29, 0.717) is 0 Å². The summed E-state index contributed by atoms with van der Waals surface area (Å²) >= 11 is 0. The quantitative estimate of drug-likeness (QED) is 0.505. The van der Waals surface area contributed by atoms with E-state index < -0.39 is 6.16 Å². The van der Waals surface area contributed by atoms with Crippen molar-refractivity contribution in [2.75, 3.05) is 28.3 Å². The van der Waals surface area contributed by atoms with Gasteiger partial charge in [0.25, 0.3) is 0 Å². The molecule has 0 saturated carbocycles. The van der Waals surface area contributed by atoms with E-state index >= 15 is 0 Å². The van der Waals surface area contributed by atoms with Crippen LogP contribution in [0.2, 0.25) is 0 Å². The van der Waals surface area contributed by atoms with E-state index in [1.54, 1.807) is 14.1 Å². The highest BCUT2D eigenvalue weighted by Gasteiger charge is 1.89. The van der Waals surface area contributed by atoms with E-state index in [4.69, 9.17) is 0 Å². The lowest BCUT2D eigenvalue weighted by Gasteiger charge is -2.02. The summed E-state index contributed by atoms with van der Waals surface area (Å²) in [6.07, 6.45) is -0.657. The van der Waals surface area contributed by atoms with Gasteiger partial charge in [-0.3, -0.25) is 4.79 Å². The molecule has 12 heavy (non-hydrogen) atoms. The third-order valence-corrected chi connectivity index (χ3v) is 0.963. The first-order chi connectivity index (χ1) is 5.45. The zero-order valence-electron chi connectivity index (χ0n) is 8.08. The number of carbonyl (C=O) groups is 2. The third kappa shape index (κ3) is 11.5. The topological polar surface area (TPSA) is 55.8 Å². The van der Waals surface area contributed by atoms with E-state index in [1.807, 2.05) is 0 Å². The second kappa shape index (κ2) is 7.84. The van der Waals surface area contributed by atoms with Gasteiger partial charge in [-0.2, -0.15) is 0 Å². The van der Waals surface area contributed by atoms with Gasteiger partial charge in [0.05, 0.1) is 14.2 Å². The Hall–Kier alpha value is -1.26. The average Bonchev–Trinajstić information content (AvgIpc) is 2.04. The van der Waals surface area contributed by atoms with Crippen molar-refractivity contribution in [3.63, 3.8) is 0 Å². The van der Waals surface area contributed by atoms with E-state index in [1.165, 1.54) is 26.0 Å². The minimum atomic E-state index is -0.657. The van der Waals surface area contributed by atoms with Crippen LogP contribution in [-0.2, 0) is 14.3 Å². The number of nitrogens with zero attached hydrogens (tertiary/aromatic N) is 1. The zero-order valence-corrected chi connectivity index (χ0v) is 8.08. The van der Waals surface area contributed by atoms with Crippen LogP contribution in [-0.4, -0.2) is 45.3 Å². The molecule has 0 aromatic carbocycles. The molecule has 0 aliphatic rings. The second-order valence-corrected chi connectivity index (χ2v) is 2.07. The monoisotopic (exact) mass is 177 g/mol. The average molecular weight is 177 g/mol. The van der Waals surface area contributed by atoms with Crippen molar-refractivity contribution in [1.29, 1.82) is 0 Å². The van der Waals surface area contributed by atoms with Gasteiger partial charge in [-0.15, -0.1) is 0 Å². The molecule has 0 aromatic rings. The number of rotatable bonds is 0. The maximum absolute atomic E-state index is 10.1. The van der Waals surface area contributed by atoms with E-state index in [9.17, 15) is 9.59 Å². The lowest BCUT2D eigenvalue weighted by atomic mass is 10.7. The van der Waals surface area contributed by atoms with Crippen LogP contribution < -0.4 is 0 Å². The highest BCUT2D eigenvalue weighted by molar-refractivity contribution is 5.72. The van der Waals surface area contributed by atoms with Crippen LogP contribution in [0.3, 0.4) is 0 Å². The Balaban J connectivity index is 0. The zero-order chi connectivity index (χ0) is 10.1. The van der Waals surface area contributed by atoms with Gasteiger partial charge in [0.1, 0.15) is 0 Å². The molecule has 0 spiro atoms. The largest absolute Gasteiger partial charge is 0.507 e. The molecule has 0 rings (SSSR count). The fourth-order valence-corrected chi connectivity index (χ4v) is 0.0833. The number of hydrogen-bond donors (Lipinski definition) is 0. The normalized spacial score (nSPS) is 7.42. The molecule has 0 aliphatic heterocycles. The Labute approximate surface area is 72.2 Å². The first kappa shape index (κ1) is 13.3. The van der Waals surface area contributed by atoms with Crippen molar-refractivity contribution in [2.45, 2.75) is 6.92 Å². The fourth-order valence-electron chi connectivity index (χ4n) is 0.0833. The Kier molecular flexibility index (Phi) is 8.72. The Morgan fingerprint density at radius 2 is 1.33 bits per heavy atom. The predicted octanol–water partition coefficient (Wildman–Crippen LogP) is 0.494. The van der Waals surface area contributed by atoms with Crippen molar-refractivity contribution < 1.29 is 19.1 Å². The molecule has 0 unspecified atom stereocenters. The standard InChI is InChI=1S/C4H9NO.C3H6O3/c1-4(6)5(2)3;1-5-3(4)6-2/h1-3H3;1-2H3. The van der Waals surface area contributed by atoms with Gasteiger partial charge in [-0.05, 0) is 0 Å². The minimum absolute atomic E-state index is 0.0926. The third-order valence-electron chi connectivity index (χ3n) is 0.963. The molecule has 0 aromatic heterocycles. The van der Waals surface area contributed by atoms with Crippen LogP contribution in [0, 0.1) is 0 Å². The summed E-state index contributed by atoms with van der Waals surface area (Å²) < 4.78 is 8.08. The lowest BCUT2D eigenvalue weighted by Crippen LogP contribution is -2.17. The highest BCUT2D eigenvalue weighted by Crippen LogP contribution is 1.72. The van der Waals surface area contributed by atoms with Crippen molar-refractivity contribution >= 4 is 12.1 Å². The van der Waals surface area contributed by atoms with Crippen LogP contribution in [0.15, 0.2) is 0 Å². The van der Waals surface area contributed by atoms with Crippen LogP contribution in [0.4, 0.5) is 4.79 Å². The molecule has 0 heterocycles. The molecule has 0 atom stereocenters. The van der Waals surface area contributed by atoms with E-state index in [0.717, 1.165) is 0 Å². The summed E-state index contributed by atoms with van der Waals surface area (Å²) in [6, 6.07) is 0. The number of carbonyl (C=O) groups excluding carboxylic acids is 2. The van der Waals surface area contributed by atoms with Crippen molar-refractivity contribution in [3.8, 4) is 0 Å². The smallest absolute Gasteiger partial charge is 0.438 e. The Morgan fingerprint density at radius 1 is 1.08 bits per heavy atom. The summed E-state index contributed by atoms with van der Waals surface area (Å²) in [5.74, 6) is 0.0926. The molecule has 0 N–H and O–H groups in total. The van der Waals surface area contributed by atoms with Gasteiger partial charge in [-0.25, -0.2) is 4.79 Å². The first-order valence-electron chi connectivity index (χ1n) is 3.25. The van der Waals surface area contributed by atoms with Crippen LogP contribution in [0.25, 0.3) is 0 Å². The number of ether oxygens (including phenoxy) is 2. The van der Waals surface area contributed by atoms with Crippen LogP contribution in [0.1, 0.15) is 6.92 Å². The molecular formula is C7H15NO4. The van der Waals surface area contributed by atoms with Crippen LogP contribution >= 0.6 is 0 Å². The molecule has 1 amide bonds. The lowest BCUT2D eigenvalue weighted by molar-refractivity contribution is -0.126. The molecule has 72 valence electrons. The van der Waals surface area contributed by atoms with Gasteiger partial charge < -0.3 is 14.4 Å². The number of methoxy groups -OCH3 is 2. The number of hydrogen-bond acceptors (Lipinski definition) is 4. The molecule has 0 aliphatic carbocycles. The Morgan fingerprint density at radius 3 is 1.33 bits per heavy atom. The van der Waals surface area contributed by atoms with Gasteiger partial charge in [0.2, 0.25) is 5.91 Å². The second-order valence-electron chi connectivity index (χ2n) is 2.07. The molecule has 0 bridgehead atoms. The molecule has 0 saturated heterocycles. The minimum Gasteiger partial charge on any atom is -0.438 e.